The molecule has 0 heterocycles. The summed E-state index contributed by atoms with van der Waals surface area (Å²) >= 11 is 0. The maximum atomic E-state index is 11.5. The minimum Gasteiger partial charge on any atom is -0.338 e. The van der Waals surface area contributed by atoms with Crippen LogP contribution in [0, 0.1) is 5.92 Å². The minimum absolute atomic E-state index is 0.0440. The smallest absolute Gasteiger partial charge is 0.315 e. The van der Waals surface area contributed by atoms with Crippen LogP contribution >= 0.6 is 0 Å². The number of urea groups is 1. The molecule has 0 bridgehead atoms. The zero-order valence-corrected chi connectivity index (χ0v) is 14.9. The lowest BCUT2D eigenvalue weighted by Gasteiger charge is -2.22. The van der Waals surface area contributed by atoms with Gasteiger partial charge in [-0.3, -0.25) is 0 Å². The van der Waals surface area contributed by atoms with E-state index in [4.69, 9.17) is 0 Å². The van der Waals surface area contributed by atoms with E-state index in [1.54, 1.807) is 6.08 Å². The van der Waals surface area contributed by atoms with Crippen molar-refractivity contribution in [1.29, 1.82) is 0 Å². The summed E-state index contributed by atoms with van der Waals surface area (Å²) in [6.45, 7) is 0.850. The number of nitrogens with one attached hydrogen (secondary N) is 2. The maximum Gasteiger partial charge on any atom is 0.315 e. The van der Waals surface area contributed by atoms with Crippen LogP contribution in [0.2, 0.25) is 0 Å². The number of carbonyl (C=O) groups excluding carboxylic acids is 2. The molecule has 0 radical (unpaired) electrons. The van der Waals surface area contributed by atoms with Crippen LogP contribution in [-0.4, -0.2) is 30.7 Å². The molecule has 5 nitrogen and oxygen atoms in total. The predicted molar refractivity (Wildman–Crippen MR) is 95.7 cm³/mol. The molecule has 3 rings (SSSR count). The molecule has 0 aliphatic heterocycles. The zero-order chi connectivity index (χ0) is 17.0. The fourth-order valence-electron chi connectivity index (χ4n) is 3.56. The molecular formula is C19H33N3O2. The van der Waals surface area contributed by atoms with Gasteiger partial charge in [-0.25, -0.2) is 14.6 Å². The van der Waals surface area contributed by atoms with Gasteiger partial charge in [-0.1, -0.05) is 51.4 Å². The molecule has 0 atom stereocenters. The second-order valence-electron chi connectivity index (χ2n) is 7.48. The predicted octanol–water partition coefficient (Wildman–Crippen LogP) is 4.07. The van der Waals surface area contributed by atoms with E-state index in [0.29, 0.717) is 12.1 Å². The lowest BCUT2D eigenvalue weighted by molar-refractivity contribution is 0.232. The molecule has 0 unspecified atom stereocenters. The highest BCUT2D eigenvalue weighted by Gasteiger charge is 2.21. The van der Waals surface area contributed by atoms with Gasteiger partial charge in [0.25, 0.3) is 0 Å². The van der Waals surface area contributed by atoms with Gasteiger partial charge in [-0.2, -0.15) is 0 Å². The van der Waals surface area contributed by atoms with Crippen LogP contribution in [0.4, 0.5) is 4.79 Å². The Labute approximate surface area is 146 Å². The van der Waals surface area contributed by atoms with Crippen molar-refractivity contribution < 1.29 is 9.59 Å². The van der Waals surface area contributed by atoms with Gasteiger partial charge in [0.05, 0.1) is 6.04 Å². The quantitative estimate of drug-likeness (QED) is 0.587. The van der Waals surface area contributed by atoms with Crippen molar-refractivity contribution in [3.8, 4) is 0 Å². The average molecular weight is 335 g/mol. The highest BCUT2D eigenvalue weighted by atomic mass is 16.2. The summed E-state index contributed by atoms with van der Waals surface area (Å²) in [5, 5.41) is 6.01. The van der Waals surface area contributed by atoms with Gasteiger partial charge in [-0.15, -0.1) is 0 Å². The van der Waals surface area contributed by atoms with Crippen molar-refractivity contribution >= 4 is 12.1 Å². The molecule has 24 heavy (non-hydrogen) atoms. The van der Waals surface area contributed by atoms with E-state index in [-0.39, 0.29) is 6.03 Å². The van der Waals surface area contributed by atoms with Crippen LogP contribution in [0.5, 0.6) is 0 Å². The van der Waals surface area contributed by atoms with Crippen molar-refractivity contribution in [2.75, 3.05) is 6.54 Å². The number of amides is 2. The van der Waals surface area contributed by atoms with Crippen molar-refractivity contribution in [1.82, 2.24) is 10.6 Å². The lowest BCUT2D eigenvalue weighted by atomic mass is 9.96. The number of isocyanates is 1. The first-order chi connectivity index (χ1) is 11.8. The van der Waals surface area contributed by atoms with Crippen molar-refractivity contribution in [2.45, 2.75) is 95.6 Å². The number of hydrogen-bond acceptors (Lipinski definition) is 3. The van der Waals surface area contributed by atoms with Gasteiger partial charge < -0.3 is 10.6 Å². The van der Waals surface area contributed by atoms with E-state index in [2.05, 4.69) is 15.6 Å². The Balaban J connectivity index is 0.000000198. The molecule has 0 spiro atoms. The van der Waals surface area contributed by atoms with E-state index in [1.807, 2.05) is 0 Å². The van der Waals surface area contributed by atoms with Gasteiger partial charge in [0.2, 0.25) is 6.08 Å². The molecule has 0 saturated heterocycles. The number of aliphatic imine (C=N–C) groups is 1. The topological polar surface area (TPSA) is 70.6 Å². The van der Waals surface area contributed by atoms with E-state index < -0.39 is 0 Å². The molecule has 136 valence electrons. The molecule has 0 aromatic heterocycles. The van der Waals surface area contributed by atoms with E-state index in [9.17, 15) is 9.59 Å². The van der Waals surface area contributed by atoms with E-state index in [1.165, 1.54) is 51.4 Å². The summed E-state index contributed by atoms with van der Waals surface area (Å²) in [6, 6.07) is 0.776. The Bertz CT molecular complexity index is 405. The molecule has 3 aliphatic rings. The summed E-state index contributed by atoms with van der Waals surface area (Å²) in [6.07, 6.45) is 17.7. The number of carbonyl (C=O) groups is 1. The molecular weight excluding hydrogens is 302 g/mol. The Kier molecular flexibility index (Phi) is 8.90. The third-order valence-electron chi connectivity index (χ3n) is 5.29. The van der Waals surface area contributed by atoms with Gasteiger partial charge in [0.15, 0.2) is 0 Å². The summed E-state index contributed by atoms with van der Waals surface area (Å²) in [5.74, 6) is 0.903. The maximum absolute atomic E-state index is 11.5. The van der Waals surface area contributed by atoms with Gasteiger partial charge in [0.1, 0.15) is 0 Å². The fraction of sp³-hybridized carbons (Fsp3) is 0.895. The second-order valence-corrected chi connectivity index (χ2v) is 7.48. The lowest BCUT2D eigenvalue weighted by Crippen LogP contribution is -2.43. The van der Waals surface area contributed by atoms with Crippen molar-refractivity contribution in [3.05, 3.63) is 0 Å². The van der Waals surface area contributed by atoms with Gasteiger partial charge in [0, 0.05) is 12.6 Å². The third kappa shape index (κ3) is 8.49. The van der Waals surface area contributed by atoms with E-state index >= 15 is 0 Å². The van der Waals surface area contributed by atoms with Crippen molar-refractivity contribution in [3.63, 3.8) is 0 Å². The number of rotatable bonds is 5. The second kappa shape index (κ2) is 11.2. The Morgan fingerprint density at radius 3 is 2.12 bits per heavy atom. The van der Waals surface area contributed by atoms with Crippen LogP contribution < -0.4 is 10.6 Å². The average Bonchev–Trinajstić information content (AvgIpc) is 3.42. The third-order valence-corrected chi connectivity index (χ3v) is 5.29. The Morgan fingerprint density at radius 2 is 1.54 bits per heavy atom. The first-order valence-electron chi connectivity index (χ1n) is 9.89. The molecule has 0 aromatic carbocycles. The highest BCUT2D eigenvalue weighted by molar-refractivity contribution is 5.74. The molecule has 3 aliphatic carbocycles. The zero-order valence-electron chi connectivity index (χ0n) is 14.9. The van der Waals surface area contributed by atoms with Crippen LogP contribution in [0.3, 0.4) is 0 Å². The van der Waals surface area contributed by atoms with Crippen LogP contribution in [-0.2, 0) is 4.79 Å². The Hall–Kier alpha value is -1.35. The molecule has 3 saturated carbocycles. The largest absolute Gasteiger partial charge is 0.338 e. The van der Waals surface area contributed by atoms with E-state index in [0.717, 1.165) is 44.6 Å². The molecule has 5 heteroatoms. The number of hydrogen-bond donors (Lipinski definition) is 2. The summed E-state index contributed by atoms with van der Waals surface area (Å²) in [7, 11) is 0. The summed E-state index contributed by atoms with van der Waals surface area (Å²) < 4.78 is 0. The summed E-state index contributed by atoms with van der Waals surface area (Å²) in [5.41, 5.74) is 0. The molecule has 2 amide bonds. The molecule has 3 fully saturated rings. The minimum atomic E-state index is 0.0440. The van der Waals surface area contributed by atoms with Gasteiger partial charge >= 0.3 is 6.03 Å². The van der Waals surface area contributed by atoms with Gasteiger partial charge in [-0.05, 0) is 38.0 Å². The van der Waals surface area contributed by atoms with Crippen LogP contribution in [0.15, 0.2) is 4.99 Å². The molecule has 2 N–H and O–H groups in total. The van der Waals surface area contributed by atoms with Crippen LogP contribution in [0.25, 0.3) is 0 Å². The standard InChI is InChI=1S/C12H22N2O.C7H11NO/c15-12(13-9-8-10-6-7-10)14-11-4-2-1-3-5-11;9-6-8-7-4-2-1-3-5-7/h10-11H,1-9H2,(H2,13,14,15);7H,1-5H2. The first-order valence-corrected chi connectivity index (χ1v) is 9.89. The Morgan fingerprint density at radius 1 is 0.917 bits per heavy atom. The SMILES string of the molecule is O=C(NCCC1CC1)NC1CCCCC1.O=C=NC1CCCCC1. The van der Waals surface area contributed by atoms with Crippen molar-refractivity contribution in [2.24, 2.45) is 10.9 Å². The van der Waals surface area contributed by atoms with Crippen LogP contribution in [0.1, 0.15) is 83.5 Å². The normalized spacial score (nSPS) is 21.8. The first kappa shape index (κ1) is 19.0. The number of nitrogens with zero attached hydrogens (tertiary/aromatic N) is 1. The molecule has 0 aromatic rings. The monoisotopic (exact) mass is 335 g/mol. The summed E-state index contributed by atoms with van der Waals surface area (Å²) in [4.78, 5) is 25.0. The highest BCUT2D eigenvalue weighted by Crippen LogP contribution is 2.31. The fourth-order valence-corrected chi connectivity index (χ4v) is 3.56.